The average Bonchev–Trinajstić information content (AvgIpc) is 2.28. The number of benzene rings is 1. The van der Waals surface area contributed by atoms with E-state index in [2.05, 4.69) is 45.0 Å². The Labute approximate surface area is 99.1 Å². The third-order valence-electron chi connectivity index (χ3n) is 2.82. The summed E-state index contributed by atoms with van der Waals surface area (Å²) in [5.74, 6) is 1.54. The van der Waals surface area contributed by atoms with E-state index < -0.39 is 0 Å². The van der Waals surface area contributed by atoms with Crippen LogP contribution in [0.2, 0.25) is 0 Å². The summed E-state index contributed by atoms with van der Waals surface area (Å²) in [5.41, 5.74) is 2.76. The Hall–Kier alpha value is -1.24. The quantitative estimate of drug-likeness (QED) is 0.659. The molecule has 1 aromatic carbocycles. The molecular weight excluding hydrogens is 196 g/mol. The lowest BCUT2D eigenvalue weighted by atomic mass is 9.95. The van der Waals surface area contributed by atoms with Gasteiger partial charge in [0.2, 0.25) is 0 Å². The molecule has 1 nitrogen and oxygen atoms in total. The summed E-state index contributed by atoms with van der Waals surface area (Å²) in [4.78, 5) is 0. The third-order valence-corrected chi connectivity index (χ3v) is 2.82. The monoisotopic (exact) mass is 218 g/mol. The second kappa shape index (κ2) is 6.37. The first-order chi connectivity index (χ1) is 7.63. The lowest BCUT2D eigenvalue weighted by Gasteiger charge is -2.11. The van der Waals surface area contributed by atoms with E-state index >= 15 is 0 Å². The van der Waals surface area contributed by atoms with Crippen molar-refractivity contribution in [2.45, 2.75) is 39.5 Å². The molecule has 0 aliphatic heterocycles. The lowest BCUT2D eigenvalue weighted by Crippen LogP contribution is -1.94. The standard InChI is InChI=1S/C15H22O/c1-12(2)7-5-8-13(3)14-9-6-10-15(11-14)16-4/h6-7,9-11,13H,5,8H2,1-4H3/t13-/m1/s1. The van der Waals surface area contributed by atoms with E-state index in [-0.39, 0.29) is 0 Å². The van der Waals surface area contributed by atoms with E-state index in [9.17, 15) is 0 Å². The highest BCUT2D eigenvalue weighted by molar-refractivity contribution is 5.30. The highest BCUT2D eigenvalue weighted by Gasteiger charge is 2.05. The van der Waals surface area contributed by atoms with Crippen molar-refractivity contribution in [3.05, 3.63) is 41.5 Å². The minimum absolute atomic E-state index is 0.589. The van der Waals surface area contributed by atoms with Gasteiger partial charge in [-0.05, 0) is 50.3 Å². The highest BCUT2D eigenvalue weighted by Crippen LogP contribution is 2.24. The summed E-state index contributed by atoms with van der Waals surface area (Å²) in [5, 5.41) is 0. The van der Waals surface area contributed by atoms with E-state index in [1.165, 1.54) is 17.6 Å². The average molecular weight is 218 g/mol. The van der Waals surface area contributed by atoms with Crippen molar-refractivity contribution in [3.63, 3.8) is 0 Å². The molecule has 0 spiro atoms. The number of hydrogen-bond acceptors (Lipinski definition) is 1. The van der Waals surface area contributed by atoms with Gasteiger partial charge in [0, 0.05) is 0 Å². The first-order valence-corrected chi connectivity index (χ1v) is 5.90. The third kappa shape index (κ3) is 4.09. The van der Waals surface area contributed by atoms with Crippen LogP contribution in [0.15, 0.2) is 35.9 Å². The summed E-state index contributed by atoms with van der Waals surface area (Å²) in [6.45, 7) is 6.57. The van der Waals surface area contributed by atoms with Gasteiger partial charge >= 0.3 is 0 Å². The van der Waals surface area contributed by atoms with E-state index in [1.807, 2.05) is 6.07 Å². The summed E-state index contributed by atoms with van der Waals surface area (Å²) >= 11 is 0. The molecule has 0 saturated carbocycles. The Bertz CT molecular complexity index is 348. The first-order valence-electron chi connectivity index (χ1n) is 5.90. The van der Waals surface area contributed by atoms with Crippen LogP contribution < -0.4 is 4.74 Å². The summed E-state index contributed by atoms with van der Waals surface area (Å²) in [7, 11) is 1.72. The second-order valence-corrected chi connectivity index (χ2v) is 4.54. The van der Waals surface area contributed by atoms with Crippen molar-refractivity contribution >= 4 is 0 Å². The molecule has 0 radical (unpaired) electrons. The molecule has 1 rings (SSSR count). The Morgan fingerprint density at radius 2 is 2.12 bits per heavy atom. The fraction of sp³-hybridized carbons (Fsp3) is 0.467. The minimum atomic E-state index is 0.589. The zero-order valence-corrected chi connectivity index (χ0v) is 10.8. The molecule has 0 N–H and O–H groups in total. The Morgan fingerprint density at radius 1 is 1.38 bits per heavy atom. The van der Waals surface area contributed by atoms with Crippen molar-refractivity contribution < 1.29 is 4.74 Å². The maximum atomic E-state index is 5.24. The van der Waals surface area contributed by atoms with E-state index in [0.29, 0.717) is 5.92 Å². The van der Waals surface area contributed by atoms with E-state index in [4.69, 9.17) is 4.74 Å². The van der Waals surface area contributed by atoms with Gasteiger partial charge in [-0.2, -0.15) is 0 Å². The molecule has 1 heteroatoms. The SMILES string of the molecule is COc1cccc([C@H](C)CCC=C(C)C)c1. The zero-order valence-electron chi connectivity index (χ0n) is 10.8. The highest BCUT2D eigenvalue weighted by atomic mass is 16.5. The Balaban J connectivity index is 2.58. The number of hydrogen-bond donors (Lipinski definition) is 0. The van der Waals surface area contributed by atoms with Crippen molar-refractivity contribution in [1.82, 2.24) is 0 Å². The molecule has 88 valence electrons. The molecule has 0 fully saturated rings. The van der Waals surface area contributed by atoms with Gasteiger partial charge in [-0.1, -0.05) is 30.7 Å². The van der Waals surface area contributed by atoms with Crippen LogP contribution >= 0.6 is 0 Å². The van der Waals surface area contributed by atoms with Gasteiger partial charge in [0.1, 0.15) is 5.75 Å². The maximum absolute atomic E-state index is 5.24. The van der Waals surface area contributed by atoms with E-state index in [0.717, 1.165) is 12.2 Å². The zero-order chi connectivity index (χ0) is 12.0. The van der Waals surface area contributed by atoms with Crippen LogP contribution in [0, 0.1) is 0 Å². The van der Waals surface area contributed by atoms with Crippen molar-refractivity contribution in [2.24, 2.45) is 0 Å². The summed E-state index contributed by atoms with van der Waals surface area (Å²) < 4.78 is 5.24. The van der Waals surface area contributed by atoms with Gasteiger partial charge in [0.15, 0.2) is 0 Å². The van der Waals surface area contributed by atoms with Gasteiger partial charge in [-0.25, -0.2) is 0 Å². The van der Waals surface area contributed by atoms with Crippen LogP contribution in [0.25, 0.3) is 0 Å². The molecule has 0 saturated heterocycles. The predicted octanol–water partition coefficient (Wildman–Crippen LogP) is 4.55. The number of allylic oxidation sites excluding steroid dienone is 2. The number of ether oxygens (including phenoxy) is 1. The van der Waals surface area contributed by atoms with Crippen molar-refractivity contribution in [2.75, 3.05) is 7.11 Å². The largest absolute Gasteiger partial charge is 0.497 e. The molecule has 16 heavy (non-hydrogen) atoms. The molecule has 1 atom stereocenters. The fourth-order valence-electron chi connectivity index (χ4n) is 1.74. The molecule has 0 aliphatic rings. The summed E-state index contributed by atoms with van der Waals surface area (Å²) in [6, 6.07) is 8.36. The molecule has 0 amide bonds. The Kier molecular flexibility index (Phi) is 5.10. The lowest BCUT2D eigenvalue weighted by molar-refractivity contribution is 0.414. The number of rotatable bonds is 5. The van der Waals surface area contributed by atoms with Crippen LogP contribution in [0.5, 0.6) is 5.75 Å². The fourth-order valence-corrected chi connectivity index (χ4v) is 1.74. The number of methoxy groups -OCH3 is 1. The van der Waals surface area contributed by atoms with Gasteiger partial charge < -0.3 is 4.74 Å². The van der Waals surface area contributed by atoms with Crippen LogP contribution in [-0.4, -0.2) is 7.11 Å². The maximum Gasteiger partial charge on any atom is 0.119 e. The molecule has 0 unspecified atom stereocenters. The van der Waals surface area contributed by atoms with Crippen molar-refractivity contribution in [3.8, 4) is 5.75 Å². The van der Waals surface area contributed by atoms with E-state index in [1.54, 1.807) is 7.11 Å². The van der Waals surface area contributed by atoms with Gasteiger partial charge in [-0.3, -0.25) is 0 Å². The van der Waals surface area contributed by atoms with Crippen LogP contribution in [0.1, 0.15) is 45.1 Å². The van der Waals surface area contributed by atoms with Crippen LogP contribution in [0.3, 0.4) is 0 Å². The normalized spacial score (nSPS) is 12.0. The molecule has 0 aromatic heterocycles. The van der Waals surface area contributed by atoms with Crippen LogP contribution in [0.4, 0.5) is 0 Å². The van der Waals surface area contributed by atoms with Gasteiger partial charge in [0.05, 0.1) is 7.11 Å². The summed E-state index contributed by atoms with van der Waals surface area (Å²) in [6.07, 6.45) is 4.65. The smallest absolute Gasteiger partial charge is 0.119 e. The first kappa shape index (κ1) is 12.8. The Morgan fingerprint density at radius 3 is 2.75 bits per heavy atom. The molecule has 0 heterocycles. The second-order valence-electron chi connectivity index (χ2n) is 4.54. The van der Waals surface area contributed by atoms with Gasteiger partial charge in [-0.15, -0.1) is 0 Å². The predicted molar refractivity (Wildman–Crippen MR) is 70.1 cm³/mol. The molecular formula is C15H22O. The topological polar surface area (TPSA) is 9.23 Å². The van der Waals surface area contributed by atoms with Crippen molar-refractivity contribution in [1.29, 1.82) is 0 Å². The molecule has 0 aliphatic carbocycles. The minimum Gasteiger partial charge on any atom is -0.497 e. The van der Waals surface area contributed by atoms with Crippen LogP contribution in [-0.2, 0) is 0 Å². The molecule has 0 bridgehead atoms. The molecule has 1 aromatic rings. The van der Waals surface area contributed by atoms with Gasteiger partial charge in [0.25, 0.3) is 0 Å².